The van der Waals surface area contributed by atoms with Gasteiger partial charge in [-0.1, -0.05) is 44.5 Å². The normalized spacial score (nSPS) is 15.2. The number of methoxy groups -OCH3 is 1. The number of halogens is 1. The molecule has 0 spiro atoms. The Hall–Kier alpha value is -2.61. The molecule has 1 aliphatic heterocycles. The first kappa shape index (κ1) is 25.0. The van der Waals surface area contributed by atoms with Crippen molar-refractivity contribution < 1.29 is 14.3 Å². The van der Waals surface area contributed by atoms with Gasteiger partial charge in [0, 0.05) is 30.2 Å². The lowest BCUT2D eigenvalue weighted by Gasteiger charge is -2.25. The number of morpholine rings is 1. The summed E-state index contributed by atoms with van der Waals surface area (Å²) in [5.74, 6) is 0.701. The Kier molecular flexibility index (Phi) is 8.72. The zero-order chi connectivity index (χ0) is 23.8. The minimum absolute atomic E-state index is 0.0196. The number of benzene rings is 2. The van der Waals surface area contributed by atoms with Gasteiger partial charge >= 0.3 is 0 Å². The standard InChI is InChI=1S/C25H33ClN4O3/c1-25(2,3)19-7-5-18(6-8-19)23(31)29-24(27-11-12-30-13-15-33-16-14-30)28-21-17-20(26)9-10-22(21)32-4/h5-10,17H,11-16H2,1-4H3,(H2,27,28,29,31). The number of hydrogen-bond acceptors (Lipinski definition) is 5. The van der Waals surface area contributed by atoms with Crippen LogP contribution in [0.2, 0.25) is 5.02 Å². The highest BCUT2D eigenvalue weighted by molar-refractivity contribution is 6.31. The molecule has 0 radical (unpaired) electrons. The molecule has 3 rings (SSSR count). The van der Waals surface area contributed by atoms with Crippen LogP contribution in [-0.4, -0.2) is 63.3 Å². The molecule has 0 unspecified atom stereocenters. The first-order valence-electron chi connectivity index (χ1n) is 11.1. The topological polar surface area (TPSA) is 75.2 Å². The summed E-state index contributed by atoms with van der Waals surface area (Å²) in [6.45, 7) is 11.0. The minimum atomic E-state index is -0.242. The van der Waals surface area contributed by atoms with Gasteiger partial charge in [-0.15, -0.1) is 0 Å². The molecule has 178 valence electrons. The maximum absolute atomic E-state index is 13.0. The molecule has 0 aliphatic carbocycles. The van der Waals surface area contributed by atoms with Crippen LogP contribution in [0.3, 0.4) is 0 Å². The summed E-state index contributed by atoms with van der Waals surface area (Å²) in [7, 11) is 1.58. The summed E-state index contributed by atoms with van der Waals surface area (Å²) < 4.78 is 10.8. The Morgan fingerprint density at radius 3 is 2.48 bits per heavy atom. The van der Waals surface area contributed by atoms with Crippen LogP contribution in [0.25, 0.3) is 0 Å². The average Bonchev–Trinajstić information content (AvgIpc) is 2.79. The highest BCUT2D eigenvalue weighted by atomic mass is 35.5. The number of nitrogens with one attached hydrogen (secondary N) is 2. The van der Waals surface area contributed by atoms with Gasteiger partial charge in [0.05, 0.1) is 32.6 Å². The van der Waals surface area contributed by atoms with Crippen molar-refractivity contribution >= 4 is 29.2 Å². The van der Waals surface area contributed by atoms with E-state index in [9.17, 15) is 4.79 Å². The Bertz CT molecular complexity index is 965. The van der Waals surface area contributed by atoms with Crippen molar-refractivity contribution in [1.29, 1.82) is 0 Å². The van der Waals surface area contributed by atoms with E-state index in [4.69, 9.17) is 21.1 Å². The van der Waals surface area contributed by atoms with E-state index in [2.05, 4.69) is 41.3 Å². The second-order valence-electron chi connectivity index (χ2n) is 8.94. The lowest BCUT2D eigenvalue weighted by molar-refractivity contribution is 0.0394. The van der Waals surface area contributed by atoms with E-state index in [-0.39, 0.29) is 11.3 Å². The largest absolute Gasteiger partial charge is 0.495 e. The van der Waals surface area contributed by atoms with Crippen molar-refractivity contribution in [2.75, 3.05) is 51.8 Å². The van der Waals surface area contributed by atoms with Crippen LogP contribution in [0.5, 0.6) is 5.75 Å². The Balaban J connectivity index is 1.76. The predicted octanol–water partition coefficient (Wildman–Crippen LogP) is 4.18. The highest BCUT2D eigenvalue weighted by Gasteiger charge is 2.16. The molecular weight excluding hydrogens is 440 g/mol. The van der Waals surface area contributed by atoms with E-state index in [0.29, 0.717) is 34.5 Å². The Morgan fingerprint density at radius 1 is 1.15 bits per heavy atom. The maximum atomic E-state index is 13.0. The van der Waals surface area contributed by atoms with E-state index < -0.39 is 0 Å². The van der Waals surface area contributed by atoms with Crippen LogP contribution in [0.15, 0.2) is 47.5 Å². The molecule has 2 aromatic carbocycles. The molecule has 1 saturated heterocycles. The van der Waals surface area contributed by atoms with Crippen LogP contribution in [-0.2, 0) is 10.2 Å². The molecule has 7 nitrogen and oxygen atoms in total. The smallest absolute Gasteiger partial charge is 0.257 e. The van der Waals surface area contributed by atoms with E-state index in [1.165, 1.54) is 5.56 Å². The van der Waals surface area contributed by atoms with Gasteiger partial charge in [-0.2, -0.15) is 0 Å². The third kappa shape index (κ3) is 7.45. The molecule has 0 aromatic heterocycles. The Morgan fingerprint density at radius 2 is 1.85 bits per heavy atom. The lowest BCUT2D eigenvalue weighted by Crippen LogP contribution is -2.39. The fourth-order valence-corrected chi connectivity index (χ4v) is 3.62. The van der Waals surface area contributed by atoms with Gasteiger partial charge in [0.1, 0.15) is 5.75 Å². The summed E-state index contributed by atoms with van der Waals surface area (Å²) in [6, 6.07) is 12.9. The molecule has 1 aliphatic rings. The van der Waals surface area contributed by atoms with Gasteiger partial charge in [0.15, 0.2) is 0 Å². The molecule has 0 saturated carbocycles. The van der Waals surface area contributed by atoms with Crippen LogP contribution in [0.4, 0.5) is 5.69 Å². The second kappa shape index (κ2) is 11.5. The molecule has 2 aromatic rings. The lowest BCUT2D eigenvalue weighted by atomic mass is 9.87. The Labute approximate surface area is 201 Å². The number of nitrogens with zero attached hydrogens (tertiary/aromatic N) is 2. The van der Waals surface area contributed by atoms with Crippen LogP contribution < -0.4 is 15.4 Å². The molecule has 1 amide bonds. The van der Waals surface area contributed by atoms with Gasteiger partial charge < -0.3 is 14.8 Å². The van der Waals surface area contributed by atoms with Crippen molar-refractivity contribution in [1.82, 2.24) is 10.2 Å². The zero-order valence-electron chi connectivity index (χ0n) is 19.8. The molecule has 8 heteroatoms. The third-order valence-electron chi connectivity index (χ3n) is 5.45. The van der Waals surface area contributed by atoms with Crippen LogP contribution in [0.1, 0.15) is 36.7 Å². The average molecular weight is 473 g/mol. The highest BCUT2D eigenvalue weighted by Crippen LogP contribution is 2.27. The summed E-state index contributed by atoms with van der Waals surface area (Å²) in [5.41, 5.74) is 2.37. The summed E-state index contributed by atoms with van der Waals surface area (Å²) in [6.07, 6.45) is 0. The number of anilines is 1. The number of carbonyl (C=O) groups is 1. The number of carbonyl (C=O) groups excluding carboxylic acids is 1. The van der Waals surface area contributed by atoms with Crippen molar-refractivity contribution in [2.45, 2.75) is 26.2 Å². The SMILES string of the molecule is COc1ccc(Cl)cc1NC(=NCCN1CCOCC1)NC(=O)c1ccc(C(C)(C)C)cc1. The third-order valence-corrected chi connectivity index (χ3v) is 5.68. The number of ether oxygens (including phenoxy) is 2. The zero-order valence-corrected chi connectivity index (χ0v) is 20.5. The van der Waals surface area contributed by atoms with Crippen molar-refractivity contribution in [3.63, 3.8) is 0 Å². The van der Waals surface area contributed by atoms with Crippen LogP contribution >= 0.6 is 11.6 Å². The number of amides is 1. The fourth-order valence-electron chi connectivity index (χ4n) is 3.45. The minimum Gasteiger partial charge on any atom is -0.495 e. The fraction of sp³-hybridized carbons (Fsp3) is 0.440. The molecule has 33 heavy (non-hydrogen) atoms. The van der Waals surface area contributed by atoms with E-state index >= 15 is 0 Å². The van der Waals surface area contributed by atoms with E-state index in [1.54, 1.807) is 25.3 Å². The number of hydrogen-bond donors (Lipinski definition) is 2. The second-order valence-corrected chi connectivity index (χ2v) is 9.37. The molecule has 2 N–H and O–H groups in total. The quantitative estimate of drug-likeness (QED) is 0.487. The van der Waals surface area contributed by atoms with Gasteiger partial charge in [-0.05, 0) is 41.3 Å². The summed E-state index contributed by atoms with van der Waals surface area (Å²) in [4.78, 5) is 19.9. The van der Waals surface area contributed by atoms with E-state index in [0.717, 1.165) is 32.8 Å². The molecule has 0 bridgehead atoms. The van der Waals surface area contributed by atoms with Crippen LogP contribution in [0, 0.1) is 0 Å². The molecule has 1 fully saturated rings. The molecular formula is C25H33ClN4O3. The van der Waals surface area contributed by atoms with Crippen molar-refractivity contribution in [3.05, 3.63) is 58.6 Å². The van der Waals surface area contributed by atoms with Gasteiger partial charge in [0.25, 0.3) is 5.91 Å². The monoisotopic (exact) mass is 472 g/mol. The predicted molar refractivity (Wildman–Crippen MR) is 134 cm³/mol. The molecule has 1 heterocycles. The number of aliphatic imine (C=N–C) groups is 1. The first-order chi connectivity index (χ1) is 15.8. The number of rotatable bonds is 6. The van der Waals surface area contributed by atoms with Gasteiger partial charge in [0.2, 0.25) is 5.96 Å². The first-order valence-corrected chi connectivity index (χ1v) is 11.5. The summed E-state index contributed by atoms with van der Waals surface area (Å²) >= 11 is 6.18. The van der Waals surface area contributed by atoms with Crippen molar-refractivity contribution in [2.24, 2.45) is 4.99 Å². The van der Waals surface area contributed by atoms with Gasteiger partial charge in [-0.25, -0.2) is 0 Å². The maximum Gasteiger partial charge on any atom is 0.257 e. The molecule has 0 atom stereocenters. The van der Waals surface area contributed by atoms with Crippen molar-refractivity contribution in [3.8, 4) is 5.75 Å². The summed E-state index contributed by atoms with van der Waals surface area (Å²) in [5, 5.41) is 6.64. The number of guanidine groups is 1. The van der Waals surface area contributed by atoms with E-state index in [1.807, 2.05) is 24.3 Å². The van der Waals surface area contributed by atoms with Gasteiger partial charge in [-0.3, -0.25) is 20.0 Å².